The minimum atomic E-state index is -4.63. The average molecular weight is 605 g/mol. The summed E-state index contributed by atoms with van der Waals surface area (Å²) in [5, 5.41) is 24.3. The van der Waals surface area contributed by atoms with E-state index in [4.69, 9.17) is 11.6 Å². The van der Waals surface area contributed by atoms with Crippen molar-refractivity contribution in [3.63, 3.8) is 0 Å². The van der Waals surface area contributed by atoms with Crippen LogP contribution in [0.15, 0.2) is 76.4 Å². The summed E-state index contributed by atoms with van der Waals surface area (Å²) < 4.78 is 40.6. The molecule has 6 nitrogen and oxygen atoms in total. The second-order valence-corrected chi connectivity index (χ2v) is 10.9. The second-order valence-electron chi connectivity index (χ2n) is 9.47. The van der Waals surface area contributed by atoms with Gasteiger partial charge >= 0.3 is 6.18 Å². The lowest BCUT2D eigenvalue weighted by molar-refractivity contribution is -0.137. The van der Waals surface area contributed by atoms with Gasteiger partial charge in [0.25, 0.3) is 5.56 Å². The van der Waals surface area contributed by atoms with E-state index in [-0.39, 0.29) is 55.7 Å². The van der Waals surface area contributed by atoms with Gasteiger partial charge in [-0.1, -0.05) is 41.9 Å². The van der Waals surface area contributed by atoms with Crippen molar-refractivity contribution in [2.45, 2.75) is 36.4 Å². The minimum Gasteiger partial charge on any atom is -0.507 e. The molecule has 0 aliphatic rings. The summed E-state index contributed by atoms with van der Waals surface area (Å²) in [6.07, 6.45) is -3.93. The number of alkyl halides is 3. The third-order valence-corrected chi connectivity index (χ3v) is 7.87. The number of rotatable bonds is 12. The van der Waals surface area contributed by atoms with Crippen molar-refractivity contribution in [3.05, 3.63) is 93.2 Å². The third-order valence-electron chi connectivity index (χ3n) is 6.49. The monoisotopic (exact) mass is 604 g/mol. The molecular formula is C30H28ClF3N2O4S. The van der Waals surface area contributed by atoms with Gasteiger partial charge in [0.1, 0.15) is 11.5 Å². The summed E-state index contributed by atoms with van der Waals surface area (Å²) in [5.74, 6) is -0.504. The lowest BCUT2D eigenvalue weighted by Crippen LogP contribution is -2.20. The maximum atomic E-state index is 13.5. The van der Waals surface area contributed by atoms with Crippen LogP contribution in [0.3, 0.4) is 0 Å². The highest BCUT2D eigenvalue weighted by Gasteiger charge is 2.31. The van der Waals surface area contributed by atoms with E-state index in [9.17, 15) is 33.0 Å². The number of aromatic amines is 1. The molecule has 0 amide bonds. The van der Waals surface area contributed by atoms with E-state index in [2.05, 4.69) is 10.3 Å². The Labute approximate surface area is 243 Å². The van der Waals surface area contributed by atoms with Crippen LogP contribution >= 0.6 is 23.4 Å². The smallest absolute Gasteiger partial charge is 0.416 e. The van der Waals surface area contributed by atoms with E-state index in [0.717, 1.165) is 35.5 Å². The number of hydrogen-bond donors (Lipinski definition) is 4. The van der Waals surface area contributed by atoms with Gasteiger partial charge in [0.05, 0.1) is 22.3 Å². The molecule has 0 spiro atoms. The molecule has 0 fully saturated rings. The number of phenols is 1. The number of benzene rings is 3. The molecule has 41 heavy (non-hydrogen) atoms. The fourth-order valence-corrected chi connectivity index (χ4v) is 5.57. The highest BCUT2D eigenvalue weighted by Crippen LogP contribution is 2.42. The normalized spacial score (nSPS) is 12.5. The average Bonchev–Trinajstić information content (AvgIpc) is 2.94. The van der Waals surface area contributed by atoms with Gasteiger partial charge in [-0.15, -0.1) is 11.8 Å². The molecule has 0 bridgehead atoms. The molecule has 4 aromatic rings. The molecule has 0 saturated heterocycles. The Morgan fingerprint density at radius 3 is 2.54 bits per heavy atom. The van der Waals surface area contributed by atoms with Gasteiger partial charge in [-0.2, -0.15) is 13.2 Å². The van der Waals surface area contributed by atoms with Gasteiger partial charge in [0, 0.05) is 33.5 Å². The molecule has 1 unspecified atom stereocenters. The van der Waals surface area contributed by atoms with Gasteiger partial charge < -0.3 is 20.5 Å². The number of aliphatic hydroxyl groups excluding tert-OH is 1. The Morgan fingerprint density at radius 2 is 1.80 bits per heavy atom. The van der Waals surface area contributed by atoms with Gasteiger partial charge in [-0.25, -0.2) is 0 Å². The number of Topliss-reactive ketones (excluding diaryl/α,β-unsaturated/α-hetero) is 1. The number of thioether (sulfide) groups is 1. The van der Waals surface area contributed by atoms with Crippen molar-refractivity contribution >= 4 is 40.0 Å². The van der Waals surface area contributed by atoms with Gasteiger partial charge in [-0.3, -0.25) is 9.59 Å². The maximum absolute atomic E-state index is 13.5. The Bertz CT molecular complexity index is 1580. The first-order valence-corrected chi connectivity index (χ1v) is 14.3. The fourth-order valence-electron chi connectivity index (χ4n) is 4.41. The molecule has 1 heterocycles. The minimum absolute atomic E-state index is 0.00997. The topological polar surface area (TPSA) is 102 Å². The number of aliphatic hydroxyl groups is 1. The van der Waals surface area contributed by atoms with E-state index in [1.807, 2.05) is 30.3 Å². The van der Waals surface area contributed by atoms with E-state index < -0.39 is 23.4 Å². The van der Waals surface area contributed by atoms with Crippen LogP contribution in [0.4, 0.5) is 13.2 Å². The zero-order valence-corrected chi connectivity index (χ0v) is 23.4. The number of fused-ring (bicyclic) bond motifs is 1. The molecule has 0 radical (unpaired) electrons. The quantitative estimate of drug-likeness (QED) is 0.106. The Morgan fingerprint density at radius 1 is 1.05 bits per heavy atom. The Hall–Kier alpha value is -3.31. The Kier molecular flexibility index (Phi) is 10.1. The number of hydrogen-bond acceptors (Lipinski definition) is 6. The van der Waals surface area contributed by atoms with Crippen molar-refractivity contribution in [2.75, 3.05) is 18.8 Å². The summed E-state index contributed by atoms with van der Waals surface area (Å²) in [4.78, 5) is 28.3. The molecule has 1 atom stereocenters. The largest absolute Gasteiger partial charge is 0.507 e. The van der Waals surface area contributed by atoms with Crippen LogP contribution in [0.5, 0.6) is 5.75 Å². The lowest BCUT2D eigenvalue weighted by Gasteiger charge is -2.16. The number of H-pyrrole nitrogens is 1. The molecule has 0 aliphatic carbocycles. The van der Waals surface area contributed by atoms with E-state index in [0.29, 0.717) is 25.9 Å². The first-order valence-electron chi connectivity index (χ1n) is 12.9. The van der Waals surface area contributed by atoms with Crippen LogP contribution in [-0.2, 0) is 11.0 Å². The fraction of sp³-hybridized carbons (Fsp3) is 0.267. The van der Waals surface area contributed by atoms with Crippen molar-refractivity contribution in [1.82, 2.24) is 10.3 Å². The van der Waals surface area contributed by atoms with Crippen molar-refractivity contribution < 1.29 is 28.2 Å². The summed E-state index contributed by atoms with van der Waals surface area (Å²) in [7, 11) is 0. The second kappa shape index (κ2) is 13.6. The predicted molar refractivity (Wildman–Crippen MR) is 156 cm³/mol. The number of pyridine rings is 1. The number of aromatic nitrogens is 1. The highest BCUT2D eigenvalue weighted by molar-refractivity contribution is 8.00. The summed E-state index contributed by atoms with van der Waals surface area (Å²) in [5.41, 5.74) is -0.364. The highest BCUT2D eigenvalue weighted by atomic mass is 35.5. The number of nitrogens with one attached hydrogen (secondary N) is 2. The first-order chi connectivity index (χ1) is 19.5. The molecule has 3 aromatic carbocycles. The van der Waals surface area contributed by atoms with Crippen LogP contribution in [0.25, 0.3) is 22.0 Å². The molecule has 1 aromatic heterocycles. The first kappa shape index (κ1) is 30.6. The third kappa shape index (κ3) is 7.91. The van der Waals surface area contributed by atoms with E-state index >= 15 is 0 Å². The number of ketones is 1. The van der Waals surface area contributed by atoms with Gasteiger partial charge in [0.2, 0.25) is 0 Å². The number of carbonyl (C=O) groups is 1. The van der Waals surface area contributed by atoms with Gasteiger partial charge in [0.15, 0.2) is 0 Å². The predicted octanol–water partition coefficient (Wildman–Crippen LogP) is 6.73. The molecule has 4 rings (SSSR count). The van der Waals surface area contributed by atoms with Crippen LogP contribution < -0.4 is 10.9 Å². The zero-order valence-electron chi connectivity index (χ0n) is 21.8. The SMILES string of the molecule is O=C(CCCNCCC(O)c1ccccc1)CSc1c(-c2cc(Cl)ccc2O)c2cc(C(F)(F)F)ccc2[nH]c1=O. The number of carbonyl (C=O) groups excluding carboxylic acids is 1. The molecule has 216 valence electrons. The van der Waals surface area contributed by atoms with Gasteiger partial charge in [-0.05, 0) is 67.9 Å². The van der Waals surface area contributed by atoms with Crippen LogP contribution in [0.2, 0.25) is 5.02 Å². The summed E-state index contributed by atoms with van der Waals surface area (Å²) in [6.45, 7) is 1.12. The zero-order chi connectivity index (χ0) is 29.6. The van der Waals surface area contributed by atoms with E-state index in [1.165, 1.54) is 18.2 Å². The molecule has 0 saturated carbocycles. The summed E-state index contributed by atoms with van der Waals surface area (Å²) >= 11 is 7.03. The van der Waals surface area contributed by atoms with Crippen molar-refractivity contribution in [2.24, 2.45) is 0 Å². The van der Waals surface area contributed by atoms with Crippen molar-refractivity contribution in [3.8, 4) is 16.9 Å². The van der Waals surface area contributed by atoms with Crippen LogP contribution in [0.1, 0.15) is 36.5 Å². The Balaban J connectivity index is 1.45. The molecular weight excluding hydrogens is 577 g/mol. The number of phenolic OH excluding ortho intramolecular Hbond substituents is 1. The van der Waals surface area contributed by atoms with Crippen molar-refractivity contribution in [1.29, 1.82) is 0 Å². The molecule has 11 heteroatoms. The summed E-state index contributed by atoms with van der Waals surface area (Å²) in [6, 6.07) is 16.3. The maximum Gasteiger partial charge on any atom is 0.416 e. The molecule has 0 aliphatic heterocycles. The standard InChI is InChI=1S/C30H28ClF3N2O4S/c31-20-9-11-26(39)23(16-20)27-22-15-19(30(32,33)34)8-10-24(22)36-29(40)28(27)41-17-21(37)7-4-13-35-14-12-25(38)18-5-2-1-3-6-18/h1-3,5-6,8-11,15-16,25,35,38-39H,4,7,12-14,17H2,(H,36,40). The van der Waals surface area contributed by atoms with Crippen LogP contribution in [-0.4, -0.2) is 39.8 Å². The lowest BCUT2D eigenvalue weighted by atomic mass is 9.98. The van der Waals surface area contributed by atoms with Crippen LogP contribution in [0, 0.1) is 0 Å². The number of halogens is 4. The molecule has 4 N–H and O–H groups in total. The number of aromatic hydroxyl groups is 1. The van der Waals surface area contributed by atoms with E-state index in [1.54, 1.807) is 0 Å².